The van der Waals surface area contributed by atoms with Crippen molar-refractivity contribution in [2.45, 2.75) is 90.8 Å². The first-order chi connectivity index (χ1) is 9.87. The lowest BCUT2D eigenvalue weighted by Crippen LogP contribution is -2.49. The van der Waals surface area contributed by atoms with Gasteiger partial charge in [-0.1, -0.05) is 20.3 Å². The van der Waals surface area contributed by atoms with Gasteiger partial charge < -0.3 is 10.2 Å². The van der Waals surface area contributed by atoms with Crippen molar-refractivity contribution in [3.05, 3.63) is 0 Å². The van der Waals surface area contributed by atoms with E-state index < -0.39 is 0 Å². The number of aliphatic hydroxyl groups is 2. The molecule has 0 aromatic heterocycles. The summed E-state index contributed by atoms with van der Waals surface area (Å²) in [6.07, 6.45) is 10.7. The van der Waals surface area contributed by atoms with Gasteiger partial charge in [0.15, 0.2) is 0 Å². The zero-order valence-electron chi connectivity index (χ0n) is 14.1. The van der Waals surface area contributed by atoms with E-state index in [4.69, 9.17) is 0 Å². The maximum absolute atomic E-state index is 10.4. The molecule has 0 amide bonds. The highest BCUT2D eigenvalue weighted by molar-refractivity contribution is 5.06. The number of fused-ring (bicyclic) bond motifs is 3. The van der Waals surface area contributed by atoms with Crippen LogP contribution < -0.4 is 0 Å². The van der Waals surface area contributed by atoms with Crippen LogP contribution in [0.3, 0.4) is 0 Å². The first-order valence-electron chi connectivity index (χ1n) is 9.23. The molecule has 0 aromatic rings. The summed E-state index contributed by atoms with van der Waals surface area (Å²) in [5.74, 6) is 2.40. The van der Waals surface area contributed by atoms with Crippen LogP contribution in [0.5, 0.6) is 0 Å². The van der Waals surface area contributed by atoms with Crippen molar-refractivity contribution in [1.82, 2.24) is 0 Å². The lowest BCUT2D eigenvalue weighted by atomic mass is 9.49. The van der Waals surface area contributed by atoms with E-state index in [0.29, 0.717) is 5.41 Å². The third-order valence-corrected chi connectivity index (χ3v) is 7.70. The van der Waals surface area contributed by atoms with Crippen molar-refractivity contribution in [3.8, 4) is 0 Å². The van der Waals surface area contributed by atoms with Crippen LogP contribution in [0.2, 0.25) is 0 Å². The molecule has 0 heterocycles. The van der Waals surface area contributed by atoms with Crippen LogP contribution >= 0.6 is 0 Å². The SMILES string of the molecule is CC(O)CCC1(C)CCCC2C1CC[C@]1(C)C(O)CCC21. The summed E-state index contributed by atoms with van der Waals surface area (Å²) in [6.45, 7) is 6.77. The topological polar surface area (TPSA) is 40.5 Å². The second-order valence-electron chi connectivity index (χ2n) is 8.95. The molecule has 6 unspecified atom stereocenters. The van der Waals surface area contributed by atoms with Gasteiger partial charge in [-0.15, -0.1) is 0 Å². The summed E-state index contributed by atoms with van der Waals surface area (Å²) in [4.78, 5) is 0. The Morgan fingerprint density at radius 2 is 1.81 bits per heavy atom. The molecule has 2 nitrogen and oxygen atoms in total. The van der Waals surface area contributed by atoms with Crippen LogP contribution in [0, 0.1) is 28.6 Å². The fourth-order valence-electron chi connectivity index (χ4n) is 6.30. The van der Waals surface area contributed by atoms with E-state index in [1.165, 1.54) is 44.9 Å². The van der Waals surface area contributed by atoms with Crippen LogP contribution in [-0.4, -0.2) is 22.4 Å². The number of hydrogen-bond donors (Lipinski definition) is 2. The van der Waals surface area contributed by atoms with Crippen LogP contribution in [-0.2, 0) is 0 Å². The van der Waals surface area contributed by atoms with Crippen LogP contribution in [0.25, 0.3) is 0 Å². The molecule has 2 N–H and O–H groups in total. The molecule has 21 heavy (non-hydrogen) atoms. The number of rotatable bonds is 3. The van der Waals surface area contributed by atoms with Crippen molar-refractivity contribution in [2.75, 3.05) is 0 Å². The van der Waals surface area contributed by atoms with Crippen molar-refractivity contribution < 1.29 is 10.2 Å². The van der Waals surface area contributed by atoms with Crippen LogP contribution in [0.15, 0.2) is 0 Å². The van der Waals surface area contributed by atoms with E-state index in [-0.39, 0.29) is 17.6 Å². The normalized spacial score (nSPS) is 51.3. The Hall–Kier alpha value is -0.0800. The molecule has 3 aliphatic carbocycles. The molecule has 0 bridgehead atoms. The molecule has 0 aromatic carbocycles. The predicted molar refractivity (Wildman–Crippen MR) is 85.9 cm³/mol. The number of hydrogen-bond acceptors (Lipinski definition) is 2. The van der Waals surface area contributed by atoms with Gasteiger partial charge in [-0.3, -0.25) is 0 Å². The van der Waals surface area contributed by atoms with Gasteiger partial charge in [0.1, 0.15) is 0 Å². The maximum Gasteiger partial charge on any atom is 0.0596 e. The molecule has 3 rings (SSSR count). The third-order valence-electron chi connectivity index (χ3n) is 7.70. The minimum atomic E-state index is -0.163. The van der Waals surface area contributed by atoms with Crippen molar-refractivity contribution in [3.63, 3.8) is 0 Å². The molecule has 122 valence electrons. The smallest absolute Gasteiger partial charge is 0.0596 e. The average Bonchev–Trinajstić information content (AvgIpc) is 2.73. The van der Waals surface area contributed by atoms with Gasteiger partial charge >= 0.3 is 0 Å². The van der Waals surface area contributed by atoms with E-state index in [1.54, 1.807) is 0 Å². The molecule has 0 spiro atoms. The summed E-state index contributed by atoms with van der Waals surface area (Å²) in [5.41, 5.74) is 0.623. The van der Waals surface area contributed by atoms with Gasteiger partial charge in [0.25, 0.3) is 0 Å². The van der Waals surface area contributed by atoms with Crippen molar-refractivity contribution in [2.24, 2.45) is 28.6 Å². The van der Waals surface area contributed by atoms with Gasteiger partial charge in [0.2, 0.25) is 0 Å². The average molecular weight is 294 g/mol. The Bertz CT molecular complexity index is 380. The van der Waals surface area contributed by atoms with Gasteiger partial charge in [0.05, 0.1) is 12.2 Å². The minimum Gasteiger partial charge on any atom is -0.393 e. The summed E-state index contributed by atoms with van der Waals surface area (Å²) in [7, 11) is 0. The monoisotopic (exact) mass is 294 g/mol. The molecule has 3 saturated carbocycles. The highest BCUT2D eigenvalue weighted by Gasteiger charge is 2.57. The van der Waals surface area contributed by atoms with Crippen molar-refractivity contribution >= 4 is 0 Å². The van der Waals surface area contributed by atoms with E-state index >= 15 is 0 Å². The van der Waals surface area contributed by atoms with E-state index in [9.17, 15) is 10.2 Å². The lowest BCUT2D eigenvalue weighted by molar-refractivity contribution is -0.0906. The molecule has 3 aliphatic rings. The second kappa shape index (κ2) is 5.53. The highest BCUT2D eigenvalue weighted by atomic mass is 16.3. The van der Waals surface area contributed by atoms with Gasteiger partial charge in [-0.2, -0.15) is 0 Å². The first-order valence-corrected chi connectivity index (χ1v) is 9.23. The lowest BCUT2D eigenvalue weighted by Gasteiger charge is -2.56. The second-order valence-corrected chi connectivity index (χ2v) is 8.95. The molecular formula is C19H34O2. The third kappa shape index (κ3) is 2.57. The zero-order chi connectivity index (χ0) is 15.3. The maximum atomic E-state index is 10.4. The van der Waals surface area contributed by atoms with Crippen LogP contribution in [0.4, 0.5) is 0 Å². The Balaban J connectivity index is 1.78. The van der Waals surface area contributed by atoms with Gasteiger partial charge in [-0.05, 0) is 86.9 Å². The largest absolute Gasteiger partial charge is 0.393 e. The fourth-order valence-corrected chi connectivity index (χ4v) is 6.30. The molecule has 2 heteroatoms. The Labute approximate surface area is 130 Å². The van der Waals surface area contributed by atoms with E-state index in [2.05, 4.69) is 13.8 Å². The zero-order valence-corrected chi connectivity index (χ0v) is 14.1. The fraction of sp³-hybridized carbons (Fsp3) is 1.00. The summed E-state index contributed by atoms with van der Waals surface area (Å²) in [5, 5.41) is 20.1. The molecule has 0 aliphatic heterocycles. The highest BCUT2D eigenvalue weighted by Crippen LogP contribution is 2.63. The first kappa shape index (κ1) is 15.8. The Morgan fingerprint density at radius 1 is 1.05 bits per heavy atom. The Kier molecular flexibility index (Phi) is 4.16. The van der Waals surface area contributed by atoms with E-state index in [1.807, 2.05) is 6.92 Å². The number of aliphatic hydroxyl groups excluding tert-OH is 2. The molecule has 0 radical (unpaired) electrons. The molecule has 3 fully saturated rings. The Morgan fingerprint density at radius 3 is 2.52 bits per heavy atom. The molecular weight excluding hydrogens is 260 g/mol. The minimum absolute atomic E-state index is 0.0610. The van der Waals surface area contributed by atoms with Gasteiger partial charge in [0, 0.05) is 0 Å². The predicted octanol–water partition coefficient (Wildman–Crippen LogP) is 4.14. The quantitative estimate of drug-likeness (QED) is 0.821. The van der Waals surface area contributed by atoms with Gasteiger partial charge in [-0.25, -0.2) is 0 Å². The van der Waals surface area contributed by atoms with Crippen LogP contribution in [0.1, 0.15) is 78.6 Å². The summed E-state index contributed by atoms with van der Waals surface area (Å²) in [6, 6.07) is 0. The summed E-state index contributed by atoms with van der Waals surface area (Å²) < 4.78 is 0. The summed E-state index contributed by atoms with van der Waals surface area (Å²) >= 11 is 0. The van der Waals surface area contributed by atoms with E-state index in [0.717, 1.165) is 30.6 Å². The van der Waals surface area contributed by atoms with Crippen molar-refractivity contribution in [1.29, 1.82) is 0 Å². The molecule has 0 saturated heterocycles. The molecule has 7 atom stereocenters. The standard InChI is InChI=1S/C19H34O2/c1-13(20)8-11-18(2)10-4-5-14-15(18)9-12-19(3)16(14)6-7-17(19)21/h13-17,20-21H,4-12H2,1-3H3/t13?,14?,15?,16?,17?,18?,19-/m0/s1.